The minimum Gasteiger partial charge on any atom is -0.494 e. The molecule has 0 saturated heterocycles. The third-order valence-corrected chi connectivity index (χ3v) is 3.88. The van der Waals surface area contributed by atoms with Crippen LogP contribution in [0, 0.1) is 11.8 Å². The number of aliphatic hydroxyl groups is 1. The van der Waals surface area contributed by atoms with Crippen molar-refractivity contribution in [3.63, 3.8) is 0 Å². The maximum absolute atomic E-state index is 10.2. The highest BCUT2D eigenvalue weighted by Crippen LogP contribution is 2.38. The first-order valence-electron chi connectivity index (χ1n) is 7.19. The summed E-state index contributed by atoms with van der Waals surface area (Å²) >= 11 is 0. The summed E-state index contributed by atoms with van der Waals surface area (Å²) in [5.41, 5.74) is 0.958. The Morgan fingerprint density at radius 3 is 2.53 bits per heavy atom. The standard InChI is InChI=1S/C16H25NO2/c1-4-19-15-7-5-13(6-8-15)16(18)11-17(3)10-14-9-12(14)2/h5-8,12,14,16,18H,4,9-11H2,1-3H3. The molecule has 1 N–H and O–H groups in total. The molecular weight excluding hydrogens is 238 g/mol. The molecule has 1 aromatic rings. The van der Waals surface area contributed by atoms with Crippen LogP contribution in [0.2, 0.25) is 0 Å². The van der Waals surface area contributed by atoms with Crippen molar-refractivity contribution in [3.8, 4) is 5.75 Å². The second kappa shape index (κ2) is 6.40. The Kier molecular flexibility index (Phi) is 4.83. The molecule has 0 heterocycles. The van der Waals surface area contributed by atoms with E-state index in [0.717, 1.165) is 29.7 Å². The Bertz CT molecular complexity index is 390. The number of ether oxygens (including phenoxy) is 1. The number of rotatable bonds is 7. The molecular formula is C16H25NO2. The predicted octanol–water partition coefficient (Wildman–Crippen LogP) is 2.71. The monoisotopic (exact) mass is 263 g/mol. The van der Waals surface area contributed by atoms with Crippen LogP contribution >= 0.6 is 0 Å². The Labute approximate surface area is 116 Å². The lowest BCUT2D eigenvalue weighted by Gasteiger charge is -2.21. The van der Waals surface area contributed by atoms with Gasteiger partial charge in [-0.15, -0.1) is 0 Å². The van der Waals surface area contributed by atoms with Crippen LogP contribution in [0.25, 0.3) is 0 Å². The summed E-state index contributed by atoms with van der Waals surface area (Å²) in [5.74, 6) is 2.56. The van der Waals surface area contributed by atoms with Gasteiger partial charge in [-0.2, -0.15) is 0 Å². The maximum atomic E-state index is 10.2. The van der Waals surface area contributed by atoms with Crippen LogP contribution in [-0.2, 0) is 0 Å². The number of nitrogens with zero attached hydrogens (tertiary/aromatic N) is 1. The zero-order valence-corrected chi connectivity index (χ0v) is 12.2. The zero-order chi connectivity index (χ0) is 13.8. The van der Waals surface area contributed by atoms with Crippen LogP contribution < -0.4 is 4.74 Å². The average Bonchev–Trinajstić information content (AvgIpc) is 3.05. The summed E-state index contributed by atoms with van der Waals surface area (Å²) in [6.45, 7) is 6.72. The first kappa shape index (κ1) is 14.4. The molecule has 3 unspecified atom stereocenters. The van der Waals surface area contributed by atoms with Crippen molar-refractivity contribution in [2.45, 2.75) is 26.4 Å². The molecule has 0 radical (unpaired) electrons. The number of aliphatic hydroxyl groups excluding tert-OH is 1. The lowest BCUT2D eigenvalue weighted by atomic mass is 10.1. The molecule has 0 aromatic heterocycles. The van der Waals surface area contributed by atoms with E-state index in [4.69, 9.17) is 4.74 Å². The highest BCUT2D eigenvalue weighted by Gasteiger charge is 2.33. The van der Waals surface area contributed by atoms with E-state index in [1.54, 1.807) is 0 Å². The van der Waals surface area contributed by atoms with E-state index in [9.17, 15) is 5.11 Å². The van der Waals surface area contributed by atoms with Crippen molar-refractivity contribution in [1.82, 2.24) is 4.90 Å². The number of hydrogen-bond donors (Lipinski definition) is 1. The topological polar surface area (TPSA) is 32.7 Å². The molecule has 1 saturated carbocycles. The molecule has 3 nitrogen and oxygen atoms in total. The molecule has 3 heteroatoms. The van der Waals surface area contributed by atoms with Gasteiger partial charge in [-0.3, -0.25) is 0 Å². The van der Waals surface area contributed by atoms with E-state index in [-0.39, 0.29) is 0 Å². The number of hydrogen-bond acceptors (Lipinski definition) is 3. The highest BCUT2D eigenvalue weighted by atomic mass is 16.5. The van der Waals surface area contributed by atoms with Crippen molar-refractivity contribution in [2.24, 2.45) is 11.8 Å². The molecule has 3 atom stereocenters. The largest absolute Gasteiger partial charge is 0.494 e. The van der Waals surface area contributed by atoms with Gasteiger partial charge in [-0.05, 0) is 49.9 Å². The fraction of sp³-hybridized carbons (Fsp3) is 0.625. The lowest BCUT2D eigenvalue weighted by Crippen LogP contribution is -2.27. The molecule has 0 amide bonds. The van der Waals surface area contributed by atoms with Crippen LogP contribution in [-0.4, -0.2) is 36.8 Å². The zero-order valence-electron chi connectivity index (χ0n) is 12.2. The van der Waals surface area contributed by atoms with Gasteiger partial charge < -0.3 is 14.7 Å². The van der Waals surface area contributed by atoms with Crippen LogP contribution in [0.3, 0.4) is 0 Å². The Balaban J connectivity index is 1.82. The van der Waals surface area contributed by atoms with Gasteiger partial charge in [-0.25, -0.2) is 0 Å². The first-order valence-corrected chi connectivity index (χ1v) is 7.19. The van der Waals surface area contributed by atoms with Crippen molar-refractivity contribution in [2.75, 3.05) is 26.7 Å². The van der Waals surface area contributed by atoms with Gasteiger partial charge in [0.2, 0.25) is 0 Å². The molecule has 19 heavy (non-hydrogen) atoms. The Morgan fingerprint density at radius 2 is 2.00 bits per heavy atom. The lowest BCUT2D eigenvalue weighted by molar-refractivity contribution is 0.124. The molecule has 106 valence electrons. The van der Waals surface area contributed by atoms with Gasteiger partial charge in [0.25, 0.3) is 0 Å². The second-order valence-electron chi connectivity index (χ2n) is 5.71. The fourth-order valence-electron chi connectivity index (χ4n) is 2.48. The summed E-state index contributed by atoms with van der Waals surface area (Å²) in [6.07, 6.45) is 0.915. The van der Waals surface area contributed by atoms with Crippen LogP contribution in [0.1, 0.15) is 31.9 Å². The molecule has 1 aliphatic rings. The SMILES string of the molecule is CCOc1ccc(C(O)CN(C)CC2CC2C)cc1. The molecule has 1 aliphatic carbocycles. The van der Waals surface area contributed by atoms with Gasteiger partial charge in [0, 0.05) is 13.1 Å². The number of benzene rings is 1. The van der Waals surface area contributed by atoms with Gasteiger partial charge in [-0.1, -0.05) is 19.1 Å². The fourth-order valence-corrected chi connectivity index (χ4v) is 2.48. The van der Waals surface area contributed by atoms with Crippen LogP contribution in [0.15, 0.2) is 24.3 Å². The quantitative estimate of drug-likeness (QED) is 0.821. The third kappa shape index (κ3) is 4.22. The predicted molar refractivity (Wildman–Crippen MR) is 77.3 cm³/mol. The molecule has 1 fully saturated rings. The van der Waals surface area contributed by atoms with E-state index in [2.05, 4.69) is 18.9 Å². The molecule has 0 bridgehead atoms. The van der Waals surface area contributed by atoms with Crippen molar-refractivity contribution in [1.29, 1.82) is 0 Å². The smallest absolute Gasteiger partial charge is 0.119 e. The highest BCUT2D eigenvalue weighted by molar-refractivity contribution is 5.28. The molecule has 2 rings (SSSR count). The summed E-state index contributed by atoms with van der Waals surface area (Å²) in [6, 6.07) is 7.74. The van der Waals surface area contributed by atoms with Gasteiger partial charge in [0.1, 0.15) is 5.75 Å². The maximum Gasteiger partial charge on any atom is 0.119 e. The van der Waals surface area contributed by atoms with Gasteiger partial charge in [0.05, 0.1) is 12.7 Å². The second-order valence-corrected chi connectivity index (χ2v) is 5.71. The third-order valence-electron chi connectivity index (χ3n) is 3.88. The van der Waals surface area contributed by atoms with Crippen molar-refractivity contribution >= 4 is 0 Å². The summed E-state index contributed by atoms with van der Waals surface area (Å²) in [7, 11) is 2.09. The molecule has 0 spiro atoms. The van der Waals surface area contributed by atoms with E-state index in [1.807, 2.05) is 31.2 Å². The van der Waals surface area contributed by atoms with E-state index in [0.29, 0.717) is 13.2 Å². The minimum atomic E-state index is -0.422. The minimum absolute atomic E-state index is 0.422. The molecule has 1 aromatic carbocycles. The first-order chi connectivity index (χ1) is 9.10. The number of likely N-dealkylation sites (N-methyl/N-ethyl adjacent to an activating group) is 1. The average molecular weight is 263 g/mol. The van der Waals surface area contributed by atoms with E-state index >= 15 is 0 Å². The van der Waals surface area contributed by atoms with E-state index in [1.165, 1.54) is 6.42 Å². The normalized spacial score (nSPS) is 23.4. The Morgan fingerprint density at radius 1 is 1.37 bits per heavy atom. The van der Waals surface area contributed by atoms with E-state index < -0.39 is 6.10 Å². The van der Waals surface area contributed by atoms with Crippen molar-refractivity contribution < 1.29 is 9.84 Å². The van der Waals surface area contributed by atoms with Crippen LogP contribution in [0.4, 0.5) is 0 Å². The van der Waals surface area contributed by atoms with Gasteiger partial charge in [0.15, 0.2) is 0 Å². The van der Waals surface area contributed by atoms with Gasteiger partial charge >= 0.3 is 0 Å². The van der Waals surface area contributed by atoms with Crippen molar-refractivity contribution in [3.05, 3.63) is 29.8 Å². The summed E-state index contributed by atoms with van der Waals surface area (Å²) < 4.78 is 5.40. The van der Waals surface area contributed by atoms with Crippen LogP contribution in [0.5, 0.6) is 5.75 Å². The Hall–Kier alpha value is -1.06. The molecule has 0 aliphatic heterocycles. The summed E-state index contributed by atoms with van der Waals surface area (Å²) in [5, 5.41) is 10.2. The summed E-state index contributed by atoms with van der Waals surface area (Å²) in [4.78, 5) is 2.23.